The third-order valence-electron chi connectivity index (χ3n) is 5.89. The first-order valence-corrected chi connectivity index (χ1v) is 11.0. The van der Waals surface area contributed by atoms with Crippen molar-refractivity contribution in [2.45, 2.75) is 26.4 Å². The Morgan fingerprint density at radius 3 is 2.61 bits per heavy atom. The summed E-state index contributed by atoms with van der Waals surface area (Å²) >= 11 is 0. The number of amides is 1. The Morgan fingerprint density at radius 1 is 1.15 bits per heavy atom. The van der Waals surface area contributed by atoms with Gasteiger partial charge in [0.2, 0.25) is 5.95 Å². The van der Waals surface area contributed by atoms with Crippen LogP contribution in [0.3, 0.4) is 0 Å². The minimum Gasteiger partial charge on any atom is -0.367 e. The Hall–Kier alpha value is -3.53. The van der Waals surface area contributed by atoms with E-state index in [4.69, 9.17) is 0 Å². The quantitative estimate of drug-likeness (QED) is 0.545. The molecule has 0 saturated carbocycles. The van der Waals surface area contributed by atoms with E-state index < -0.39 is 11.9 Å². The SMILES string of the molecule is CCCn1c(=O)[nH]c2cc(CN3CCN(c4ccc(F)nc4C(=O)NC)CC3)ccc2c1=O. The number of carbonyl (C=O) groups is 1. The fourth-order valence-corrected chi connectivity index (χ4v) is 4.20. The maximum atomic E-state index is 13.6. The Bertz CT molecular complexity index is 1290. The highest BCUT2D eigenvalue weighted by atomic mass is 19.1. The average molecular weight is 455 g/mol. The highest BCUT2D eigenvalue weighted by molar-refractivity contribution is 5.97. The molecule has 33 heavy (non-hydrogen) atoms. The first-order valence-electron chi connectivity index (χ1n) is 11.0. The van der Waals surface area contributed by atoms with Crippen molar-refractivity contribution in [3.63, 3.8) is 0 Å². The van der Waals surface area contributed by atoms with Crippen molar-refractivity contribution >= 4 is 22.5 Å². The van der Waals surface area contributed by atoms with Crippen molar-refractivity contribution in [3.05, 3.63) is 68.4 Å². The lowest BCUT2D eigenvalue weighted by molar-refractivity contribution is 0.0957. The van der Waals surface area contributed by atoms with Crippen molar-refractivity contribution < 1.29 is 9.18 Å². The van der Waals surface area contributed by atoms with Crippen molar-refractivity contribution in [1.29, 1.82) is 0 Å². The van der Waals surface area contributed by atoms with Gasteiger partial charge in [0.1, 0.15) is 0 Å². The number of fused-ring (bicyclic) bond motifs is 1. The summed E-state index contributed by atoms with van der Waals surface area (Å²) in [6, 6.07) is 8.39. The van der Waals surface area contributed by atoms with Gasteiger partial charge in [0, 0.05) is 46.3 Å². The highest BCUT2D eigenvalue weighted by Crippen LogP contribution is 2.22. The first kappa shape index (κ1) is 22.7. The number of piperazine rings is 1. The number of rotatable bonds is 6. The van der Waals surface area contributed by atoms with Crippen LogP contribution in [0.15, 0.2) is 39.9 Å². The van der Waals surface area contributed by atoms with Gasteiger partial charge in [-0.05, 0) is 36.2 Å². The largest absolute Gasteiger partial charge is 0.367 e. The fourth-order valence-electron chi connectivity index (χ4n) is 4.20. The molecule has 1 aromatic carbocycles. The minimum atomic E-state index is -0.688. The molecule has 3 heterocycles. The number of H-pyrrole nitrogens is 1. The molecule has 0 spiro atoms. The molecule has 0 unspecified atom stereocenters. The fraction of sp³-hybridized carbons (Fsp3) is 0.391. The van der Waals surface area contributed by atoms with Gasteiger partial charge < -0.3 is 15.2 Å². The van der Waals surface area contributed by atoms with Crippen LogP contribution in [0.4, 0.5) is 10.1 Å². The topological polar surface area (TPSA) is 103 Å². The molecular formula is C23H27FN6O3. The van der Waals surface area contributed by atoms with Crippen molar-refractivity contribution in [2.24, 2.45) is 0 Å². The smallest absolute Gasteiger partial charge is 0.328 e. The highest BCUT2D eigenvalue weighted by Gasteiger charge is 2.23. The molecule has 0 bridgehead atoms. The molecule has 1 amide bonds. The van der Waals surface area contributed by atoms with Gasteiger partial charge in [-0.25, -0.2) is 9.78 Å². The molecule has 4 rings (SSSR count). The maximum absolute atomic E-state index is 13.6. The summed E-state index contributed by atoms with van der Waals surface area (Å²) in [5.41, 5.74) is 1.57. The van der Waals surface area contributed by atoms with Gasteiger partial charge in [0.05, 0.1) is 16.6 Å². The molecule has 9 nitrogen and oxygen atoms in total. The number of hydrogen-bond donors (Lipinski definition) is 2. The summed E-state index contributed by atoms with van der Waals surface area (Å²) in [5, 5.41) is 3.01. The van der Waals surface area contributed by atoms with Crippen molar-refractivity contribution in [2.75, 3.05) is 38.1 Å². The van der Waals surface area contributed by atoms with E-state index in [0.717, 1.165) is 18.7 Å². The van der Waals surface area contributed by atoms with Crippen LogP contribution in [-0.2, 0) is 13.1 Å². The van der Waals surface area contributed by atoms with E-state index in [-0.39, 0.29) is 16.9 Å². The van der Waals surface area contributed by atoms with Crippen LogP contribution in [0, 0.1) is 5.95 Å². The Balaban J connectivity index is 1.47. The van der Waals surface area contributed by atoms with Crippen LogP contribution in [0.5, 0.6) is 0 Å². The summed E-state index contributed by atoms with van der Waals surface area (Å²) in [4.78, 5) is 47.9. The number of anilines is 1. The third kappa shape index (κ3) is 4.65. The Morgan fingerprint density at radius 2 is 1.91 bits per heavy atom. The molecule has 1 saturated heterocycles. The normalized spacial score (nSPS) is 14.6. The van der Waals surface area contributed by atoms with Crippen molar-refractivity contribution in [3.8, 4) is 0 Å². The van der Waals surface area contributed by atoms with E-state index in [9.17, 15) is 18.8 Å². The standard InChI is InChI=1S/C23H27FN6O3/c1-3-8-30-22(32)16-5-4-15(13-17(16)26-23(30)33)14-28-9-11-29(12-10-28)18-6-7-19(24)27-20(18)21(31)25-2/h4-7,13H,3,8-12,14H2,1-2H3,(H,25,31)(H,26,33). The van der Waals surface area contributed by atoms with Gasteiger partial charge in [-0.15, -0.1) is 0 Å². The third-order valence-corrected chi connectivity index (χ3v) is 5.89. The van der Waals surface area contributed by atoms with E-state index in [1.54, 1.807) is 12.1 Å². The summed E-state index contributed by atoms with van der Waals surface area (Å²) in [7, 11) is 1.49. The molecule has 1 aliphatic heterocycles. The van der Waals surface area contributed by atoms with Gasteiger partial charge >= 0.3 is 5.69 Å². The molecule has 0 atom stereocenters. The predicted octanol–water partition coefficient (Wildman–Crippen LogP) is 1.32. The average Bonchev–Trinajstić information content (AvgIpc) is 2.81. The summed E-state index contributed by atoms with van der Waals surface area (Å²) in [6.07, 6.45) is 0.706. The molecule has 0 aliphatic carbocycles. The second-order valence-electron chi connectivity index (χ2n) is 8.11. The van der Waals surface area contributed by atoms with Crippen LogP contribution < -0.4 is 21.5 Å². The number of hydrogen-bond acceptors (Lipinski definition) is 6. The van der Waals surface area contributed by atoms with Gasteiger partial charge in [0.25, 0.3) is 11.5 Å². The second kappa shape index (κ2) is 9.53. The van der Waals surface area contributed by atoms with E-state index in [2.05, 4.69) is 20.2 Å². The molecule has 0 radical (unpaired) electrons. The number of aromatic nitrogens is 3. The lowest BCUT2D eigenvalue weighted by atomic mass is 10.1. The van der Waals surface area contributed by atoms with Crippen LogP contribution in [0.2, 0.25) is 0 Å². The lowest BCUT2D eigenvalue weighted by Gasteiger charge is -2.36. The summed E-state index contributed by atoms with van der Waals surface area (Å²) < 4.78 is 14.8. The van der Waals surface area contributed by atoms with E-state index >= 15 is 0 Å². The zero-order chi connectivity index (χ0) is 23.5. The summed E-state index contributed by atoms with van der Waals surface area (Å²) in [5.74, 6) is -1.11. The van der Waals surface area contributed by atoms with Gasteiger partial charge in [-0.2, -0.15) is 4.39 Å². The zero-order valence-electron chi connectivity index (χ0n) is 18.7. The number of pyridine rings is 1. The molecular weight excluding hydrogens is 427 g/mol. The van der Waals surface area contributed by atoms with Crippen LogP contribution in [-0.4, -0.2) is 58.6 Å². The first-order chi connectivity index (χ1) is 15.9. The van der Waals surface area contributed by atoms with Crippen LogP contribution in [0.25, 0.3) is 10.9 Å². The number of nitrogens with zero attached hydrogens (tertiary/aromatic N) is 4. The number of benzene rings is 1. The molecule has 3 aromatic rings. The lowest BCUT2D eigenvalue weighted by Crippen LogP contribution is -2.46. The zero-order valence-corrected chi connectivity index (χ0v) is 18.7. The van der Waals surface area contributed by atoms with Gasteiger partial charge in [-0.1, -0.05) is 13.0 Å². The second-order valence-corrected chi connectivity index (χ2v) is 8.11. The minimum absolute atomic E-state index is 0.0816. The molecule has 1 fully saturated rings. The molecule has 1 aliphatic rings. The predicted molar refractivity (Wildman–Crippen MR) is 124 cm³/mol. The van der Waals surface area contributed by atoms with Gasteiger partial charge in [0.15, 0.2) is 5.69 Å². The molecule has 174 valence electrons. The van der Waals surface area contributed by atoms with Crippen LogP contribution in [0.1, 0.15) is 29.4 Å². The number of aromatic amines is 1. The molecule has 2 N–H and O–H groups in total. The van der Waals surface area contributed by atoms with Gasteiger partial charge in [-0.3, -0.25) is 19.1 Å². The summed E-state index contributed by atoms with van der Waals surface area (Å²) in [6.45, 7) is 5.75. The van der Waals surface area contributed by atoms with E-state index in [1.807, 2.05) is 24.0 Å². The number of nitrogens with one attached hydrogen (secondary N) is 2. The number of halogens is 1. The molecule has 10 heteroatoms. The maximum Gasteiger partial charge on any atom is 0.328 e. The van der Waals surface area contributed by atoms with Crippen LogP contribution >= 0.6 is 0 Å². The number of carbonyl (C=O) groups excluding carboxylic acids is 1. The van der Waals surface area contributed by atoms with Crippen molar-refractivity contribution in [1.82, 2.24) is 24.8 Å². The Kier molecular flexibility index (Phi) is 6.55. The monoisotopic (exact) mass is 454 g/mol. The van der Waals surface area contributed by atoms with E-state index in [1.165, 1.54) is 17.7 Å². The molecule has 2 aromatic heterocycles. The van der Waals surface area contributed by atoms with E-state index in [0.29, 0.717) is 49.2 Å². The Labute approximate surface area is 189 Å².